The Hall–Kier alpha value is -3.42. The van der Waals surface area contributed by atoms with Crippen molar-refractivity contribution in [3.63, 3.8) is 0 Å². The third-order valence-electron chi connectivity index (χ3n) is 4.85. The first-order valence-electron chi connectivity index (χ1n) is 9.77. The first kappa shape index (κ1) is 19.9. The normalized spacial score (nSPS) is 14.9. The van der Waals surface area contributed by atoms with Gasteiger partial charge in [0.05, 0.1) is 11.6 Å². The van der Waals surface area contributed by atoms with E-state index in [-0.39, 0.29) is 25.4 Å². The van der Waals surface area contributed by atoms with Gasteiger partial charge in [-0.05, 0) is 41.8 Å². The molecule has 0 aliphatic carbocycles. The summed E-state index contributed by atoms with van der Waals surface area (Å²) in [5, 5.41) is 2.93. The predicted octanol–water partition coefficient (Wildman–Crippen LogP) is 2.86. The molecule has 0 aromatic heterocycles. The van der Waals surface area contributed by atoms with Crippen LogP contribution in [0.1, 0.15) is 35.8 Å². The second-order valence-corrected chi connectivity index (χ2v) is 7.34. The monoisotopic (exact) mass is 413 g/mol. The predicted molar refractivity (Wildman–Crippen MR) is 106 cm³/mol. The Morgan fingerprint density at radius 1 is 0.933 bits per heavy atom. The maximum Gasteiger partial charge on any atom is 0.338 e. The molecule has 2 aromatic rings. The van der Waals surface area contributed by atoms with E-state index in [1.807, 2.05) is 32.0 Å². The van der Waals surface area contributed by atoms with Gasteiger partial charge in [-0.25, -0.2) is 4.79 Å². The van der Waals surface area contributed by atoms with E-state index in [2.05, 4.69) is 5.32 Å². The molecule has 2 aliphatic rings. The van der Waals surface area contributed by atoms with Crippen LogP contribution in [0.25, 0.3) is 0 Å². The highest BCUT2D eigenvalue weighted by atomic mass is 16.7. The molecule has 158 valence electrons. The van der Waals surface area contributed by atoms with Crippen LogP contribution in [0.3, 0.4) is 0 Å². The lowest BCUT2D eigenvalue weighted by molar-refractivity contribution is -0.125. The number of nitrogens with one attached hydrogen (secondary N) is 1. The Balaban J connectivity index is 1.37. The second-order valence-electron chi connectivity index (χ2n) is 7.34. The van der Waals surface area contributed by atoms with Crippen molar-refractivity contribution in [2.45, 2.75) is 19.9 Å². The van der Waals surface area contributed by atoms with E-state index in [0.717, 1.165) is 5.56 Å². The smallest absolute Gasteiger partial charge is 0.338 e. The minimum atomic E-state index is -0.608. The number of esters is 1. The SMILES string of the molecule is CC(C)[C@@H](NC(=O)COC(=O)c1ccc2c(c1)OCO2)c1ccc2c(c1)OCCO2. The van der Waals surface area contributed by atoms with Crippen molar-refractivity contribution in [2.75, 3.05) is 26.6 Å². The highest BCUT2D eigenvalue weighted by Crippen LogP contribution is 2.34. The summed E-state index contributed by atoms with van der Waals surface area (Å²) in [7, 11) is 0. The molecular formula is C22H23NO7. The zero-order chi connectivity index (χ0) is 21.1. The van der Waals surface area contributed by atoms with Gasteiger partial charge >= 0.3 is 5.97 Å². The maximum atomic E-state index is 12.5. The number of fused-ring (bicyclic) bond motifs is 2. The molecule has 1 amide bonds. The summed E-state index contributed by atoms with van der Waals surface area (Å²) in [6, 6.07) is 10.1. The van der Waals surface area contributed by atoms with Gasteiger partial charge in [0.2, 0.25) is 6.79 Å². The lowest BCUT2D eigenvalue weighted by Gasteiger charge is -2.25. The van der Waals surface area contributed by atoms with Crippen molar-refractivity contribution in [1.82, 2.24) is 5.32 Å². The molecule has 8 heteroatoms. The van der Waals surface area contributed by atoms with E-state index >= 15 is 0 Å². The Morgan fingerprint density at radius 2 is 1.60 bits per heavy atom. The number of carbonyl (C=O) groups excluding carboxylic acids is 2. The quantitative estimate of drug-likeness (QED) is 0.728. The fourth-order valence-corrected chi connectivity index (χ4v) is 3.34. The maximum absolute atomic E-state index is 12.5. The Bertz CT molecular complexity index is 956. The molecule has 2 heterocycles. The number of benzene rings is 2. The molecule has 1 atom stereocenters. The van der Waals surface area contributed by atoms with Crippen LogP contribution < -0.4 is 24.3 Å². The summed E-state index contributed by atoms with van der Waals surface area (Å²) in [5.74, 6) is 1.52. The largest absolute Gasteiger partial charge is 0.486 e. The molecular weight excluding hydrogens is 390 g/mol. The van der Waals surface area contributed by atoms with Gasteiger partial charge in [-0.15, -0.1) is 0 Å². The van der Waals surface area contributed by atoms with Gasteiger partial charge in [0, 0.05) is 0 Å². The standard InChI is InChI=1S/C22H23NO7/c1-13(2)21(14-3-5-16-18(9-14)27-8-7-26-16)23-20(24)11-28-22(25)15-4-6-17-19(10-15)30-12-29-17/h3-6,9-10,13,21H,7-8,11-12H2,1-2H3,(H,23,24)/t21-/m1/s1. The summed E-state index contributed by atoms with van der Waals surface area (Å²) in [5.41, 5.74) is 1.18. The Kier molecular flexibility index (Phi) is 5.65. The molecule has 0 bridgehead atoms. The van der Waals surface area contributed by atoms with E-state index in [4.69, 9.17) is 23.7 Å². The molecule has 0 fully saturated rings. The van der Waals surface area contributed by atoms with Crippen molar-refractivity contribution in [3.8, 4) is 23.0 Å². The lowest BCUT2D eigenvalue weighted by Crippen LogP contribution is -2.35. The highest BCUT2D eigenvalue weighted by molar-refractivity contribution is 5.92. The Labute approximate surface area is 174 Å². The third-order valence-corrected chi connectivity index (χ3v) is 4.85. The average Bonchev–Trinajstić information content (AvgIpc) is 3.23. The van der Waals surface area contributed by atoms with E-state index in [1.54, 1.807) is 12.1 Å². The van der Waals surface area contributed by atoms with Gasteiger partial charge in [0.15, 0.2) is 29.6 Å². The molecule has 0 saturated carbocycles. The minimum absolute atomic E-state index is 0.112. The summed E-state index contributed by atoms with van der Waals surface area (Å²) in [6.45, 7) is 4.74. The number of ether oxygens (including phenoxy) is 5. The van der Waals surface area contributed by atoms with Crippen LogP contribution in [-0.2, 0) is 9.53 Å². The van der Waals surface area contributed by atoms with Gasteiger partial charge in [-0.2, -0.15) is 0 Å². The highest BCUT2D eigenvalue weighted by Gasteiger charge is 2.23. The van der Waals surface area contributed by atoms with Gasteiger partial charge in [-0.3, -0.25) is 4.79 Å². The van der Waals surface area contributed by atoms with Crippen molar-refractivity contribution in [1.29, 1.82) is 0 Å². The van der Waals surface area contributed by atoms with Crippen LogP contribution in [0.4, 0.5) is 0 Å². The van der Waals surface area contributed by atoms with Crippen molar-refractivity contribution in [3.05, 3.63) is 47.5 Å². The average molecular weight is 413 g/mol. The molecule has 0 spiro atoms. The lowest BCUT2D eigenvalue weighted by atomic mass is 9.95. The number of amides is 1. The van der Waals surface area contributed by atoms with Crippen molar-refractivity contribution >= 4 is 11.9 Å². The fourth-order valence-electron chi connectivity index (χ4n) is 3.34. The summed E-state index contributed by atoms with van der Waals surface area (Å²) < 4.78 is 26.8. The van der Waals surface area contributed by atoms with Crippen LogP contribution in [0.5, 0.6) is 23.0 Å². The molecule has 4 rings (SSSR count). The van der Waals surface area contributed by atoms with Crippen LogP contribution in [0, 0.1) is 5.92 Å². The van der Waals surface area contributed by atoms with E-state index in [0.29, 0.717) is 41.8 Å². The molecule has 30 heavy (non-hydrogen) atoms. The zero-order valence-corrected chi connectivity index (χ0v) is 16.8. The molecule has 0 unspecified atom stereocenters. The van der Waals surface area contributed by atoms with Gasteiger partial charge in [0.25, 0.3) is 5.91 Å². The molecule has 2 aliphatic heterocycles. The van der Waals surface area contributed by atoms with Crippen molar-refractivity contribution in [2.24, 2.45) is 5.92 Å². The van der Waals surface area contributed by atoms with Crippen LogP contribution in [-0.4, -0.2) is 38.5 Å². The Morgan fingerprint density at radius 3 is 2.40 bits per heavy atom. The van der Waals surface area contributed by atoms with Gasteiger partial charge in [0.1, 0.15) is 13.2 Å². The summed E-state index contributed by atoms with van der Waals surface area (Å²) in [6.07, 6.45) is 0. The second kappa shape index (κ2) is 8.52. The first-order valence-corrected chi connectivity index (χ1v) is 9.77. The van der Waals surface area contributed by atoms with E-state index in [1.165, 1.54) is 6.07 Å². The molecule has 8 nitrogen and oxygen atoms in total. The van der Waals surface area contributed by atoms with E-state index in [9.17, 15) is 9.59 Å². The number of hydrogen-bond acceptors (Lipinski definition) is 7. The zero-order valence-electron chi connectivity index (χ0n) is 16.8. The number of hydrogen-bond donors (Lipinski definition) is 1. The van der Waals surface area contributed by atoms with E-state index < -0.39 is 11.9 Å². The summed E-state index contributed by atoms with van der Waals surface area (Å²) in [4.78, 5) is 24.7. The van der Waals surface area contributed by atoms with Crippen LogP contribution in [0.15, 0.2) is 36.4 Å². The van der Waals surface area contributed by atoms with Gasteiger partial charge in [-0.1, -0.05) is 19.9 Å². The van der Waals surface area contributed by atoms with Crippen LogP contribution in [0.2, 0.25) is 0 Å². The van der Waals surface area contributed by atoms with Crippen LogP contribution >= 0.6 is 0 Å². The number of carbonyl (C=O) groups is 2. The molecule has 0 radical (unpaired) electrons. The van der Waals surface area contributed by atoms with Gasteiger partial charge < -0.3 is 29.0 Å². The minimum Gasteiger partial charge on any atom is -0.486 e. The fraction of sp³-hybridized carbons (Fsp3) is 0.364. The topological polar surface area (TPSA) is 92.3 Å². The summed E-state index contributed by atoms with van der Waals surface area (Å²) >= 11 is 0. The molecule has 1 N–H and O–H groups in total. The van der Waals surface area contributed by atoms with Crippen molar-refractivity contribution < 1.29 is 33.3 Å². The third kappa shape index (κ3) is 4.27. The number of rotatable bonds is 6. The molecule has 2 aromatic carbocycles. The first-order chi connectivity index (χ1) is 14.5. The molecule has 0 saturated heterocycles.